The first-order valence-electron chi connectivity index (χ1n) is 5.23. The normalized spacial score (nSPS) is 21.0. The van der Waals surface area contributed by atoms with E-state index < -0.39 is 4.33 Å². The summed E-state index contributed by atoms with van der Waals surface area (Å²) in [5, 5.41) is 13.1. The summed E-state index contributed by atoms with van der Waals surface area (Å²) in [6.07, 6.45) is 0.652. The van der Waals surface area contributed by atoms with Crippen molar-refractivity contribution in [2.24, 2.45) is 5.92 Å². The molecule has 1 aliphatic carbocycles. The summed E-state index contributed by atoms with van der Waals surface area (Å²) in [5.74, 6) is 0.0321. The van der Waals surface area contributed by atoms with Gasteiger partial charge in [0.15, 0.2) is 0 Å². The van der Waals surface area contributed by atoms with E-state index in [4.69, 9.17) is 28.5 Å². The molecule has 0 radical (unpaired) electrons. The average molecular weight is 272 g/mol. The maximum absolute atomic E-state index is 11.9. The number of hydrogen-bond donors (Lipinski definition) is 0. The van der Waals surface area contributed by atoms with E-state index in [1.165, 1.54) is 4.68 Å². The van der Waals surface area contributed by atoms with Crippen molar-refractivity contribution >= 4 is 23.2 Å². The molecule has 1 saturated carbocycles. The lowest BCUT2D eigenvalue weighted by Gasteiger charge is -2.08. The minimum Gasteiger partial charge on any atom is -0.266 e. The Morgan fingerprint density at radius 1 is 1.59 bits per heavy atom. The van der Waals surface area contributed by atoms with E-state index in [1.807, 2.05) is 6.07 Å². The van der Waals surface area contributed by atoms with Gasteiger partial charge in [-0.05, 0) is 25.8 Å². The molecule has 1 aliphatic rings. The monoisotopic (exact) mass is 271 g/mol. The predicted molar refractivity (Wildman–Crippen MR) is 65.2 cm³/mol. The van der Waals surface area contributed by atoms with Gasteiger partial charge in [0.05, 0.1) is 12.2 Å². The van der Waals surface area contributed by atoms with Gasteiger partial charge in [0, 0.05) is 5.92 Å². The molecule has 0 amide bonds. The van der Waals surface area contributed by atoms with Crippen LogP contribution in [0.3, 0.4) is 0 Å². The minimum absolute atomic E-state index is 0.0321. The summed E-state index contributed by atoms with van der Waals surface area (Å²) in [6, 6.07) is 1.92. The van der Waals surface area contributed by atoms with E-state index in [9.17, 15) is 4.79 Å². The molecule has 6 heteroatoms. The summed E-state index contributed by atoms with van der Waals surface area (Å²) < 4.78 is 0.546. The Hall–Kier alpha value is -1.05. The number of alkyl halides is 2. The number of aromatic nitrogens is 2. The van der Waals surface area contributed by atoms with E-state index in [1.54, 1.807) is 13.8 Å². The second kappa shape index (κ2) is 4.01. The molecule has 1 fully saturated rings. The summed E-state index contributed by atoms with van der Waals surface area (Å²) in [5.41, 5.74) is 1.09. The van der Waals surface area contributed by atoms with Crippen LogP contribution in [0.15, 0.2) is 4.79 Å². The summed E-state index contributed by atoms with van der Waals surface area (Å²) in [4.78, 5) is 11.9. The number of rotatable bonds is 2. The highest BCUT2D eigenvalue weighted by Crippen LogP contribution is 2.53. The third-order valence-corrected chi connectivity index (χ3v) is 4.02. The van der Waals surface area contributed by atoms with Crippen molar-refractivity contribution < 1.29 is 0 Å². The number of hydrogen-bond acceptors (Lipinski definition) is 3. The van der Waals surface area contributed by atoms with Gasteiger partial charge in [-0.1, -0.05) is 0 Å². The topological polar surface area (TPSA) is 58.7 Å². The van der Waals surface area contributed by atoms with Crippen LogP contribution in [0.5, 0.6) is 0 Å². The quantitative estimate of drug-likeness (QED) is 0.773. The lowest BCUT2D eigenvalue weighted by atomic mass is 10.1. The lowest BCUT2D eigenvalue weighted by molar-refractivity contribution is 0.522. The molecule has 1 aromatic heterocycles. The van der Waals surface area contributed by atoms with Gasteiger partial charge in [0.25, 0.3) is 5.56 Å². The van der Waals surface area contributed by atoms with Crippen molar-refractivity contribution in [3.63, 3.8) is 0 Å². The minimum atomic E-state index is -0.743. The second-order valence-corrected chi connectivity index (χ2v) is 5.89. The van der Waals surface area contributed by atoms with Crippen molar-refractivity contribution in [1.29, 1.82) is 5.26 Å². The van der Waals surface area contributed by atoms with Crippen LogP contribution in [0.25, 0.3) is 0 Å². The first-order valence-corrected chi connectivity index (χ1v) is 5.98. The van der Waals surface area contributed by atoms with Gasteiger partial charge < -0.3 is 0 Å². The molecule has 1 atom stereocenters. The molecule has 0 saturated heterocycles. The molecule has 90 valence electrons. The van der Waals surface area contributed by atoms with Gasteiger partial charge in [-0.25, -0.2) is 4.68 Å². The van der Waals surface area contributed by atoms with E-state index in [2.05, 4.69) is 5.10 Å². The van der Waals surface area contributed by atoms with E-state index in [0.717, 1.165) is 0 Å². The van der Waals surface area contributed by atoms with Crippen LogP contribution < -0.4 is 5.56 Å². The predicted octanol–water partition coefficient (Wildman–Crippen LogP) is 1.93. The van der Waals surface area contributed by atoms with E-state index in [0.29, 0.717) is 24.2 Å². The van der Waals surface area contributed by atoms with Crippen LogP contribution in [0.1, 0.15) is 23.2 Å². The number of nitriles is 1. The third-order valence-electron chi connectivity index (χ3n) is 3.10. The summed E-state index contributed by atoms with van der Waals surface area (Å²) in [6.45, 7) is 3.85. The standard InChI is InChI=1S/C11H11Cl2N3O/c1-6-7(2)15-16(10(17)9(6)4-14)5-8-3-11(8,12)13/h8H,3,5H2,1-2H3. The van der Waals surface area contributed by atoms with Crippen LogP contribution in [-0.4, -0.2) is 14.1 Å². The number of halogens is 2. The van der Waals surface area contributed by atoms with Crippen LogP contribution in [0.4, 0.5) is 0 Å². The summed E-state index contributed by atoms with van der Waals surface area (Å²) in [7, 11) is 0. The highest BCUT2D eigenvalue weighted by atomic mass is 35.5. The Morgan fingerprint density at radius 2 is 2.18 bits per heavy atom. The molecular formula is C11H11Cl2N3O. The molecular weight excluding hydrogens is 261 g/mol. The van der Waals surface area contributed by atoms with Gasteiger partial charge >= 0.3 is 0 Å². The van der Waals surface area contributed by atoms with Crippen molar-refractivity contribution in [3.05, 3.63) is 27.2 Å². The first kappa shape index (κ1) is 12.4. The lowest BCUT2D eigenvalue weighted by Crippen LogP contribution is -2.28. The molecule has 1 heterocycles. The van der Waals surface area contributed by atoms with Crippen molar-refractivity contribution in [2.75, 3.05) is 0 Å². The fourth-order valence-corrected chi connectivity index (χ4v) is 2.21. The van der Waals surface area contributed by atoms with Crippen LogP contribution in [0.2, 0.25) is 0 Å². The highest BCUT2D eigenvalue weighted by molar-refractivity contribution is 6.50. The highest BCUT2D eigenvalue weighted by Gasteiger charge is 2.51. The molecule has 2 rings (SSSR count). The summed E-state index contributed by atoms with van der Waals surface area (Å²) >= 11 is 11.8. The third kappa shape index (κ3) is 2.18. The average Bonchev–Trinajstić information content (AvgIpc) is 2.83. The fourth-order valence-electron chi connectivity index (χ4n) is 1.70. The molecule has 0 bridgehead atoms. The van der Waals surface area contributed by atoms with Crippen LogP contribution >= 0.6 is 23.2 Å². The maximum Gasteiger partial charge on any atom is 0.284 e. The Balaban J connectivity index is 2.40. The zero-order chi connectivity index (χ0) is 12.8. The Labute approximate surface area is 109 Å². The van der Waals surface area contributed by atoms with Crippen molar-refractivity contribution in [1.82, 2.24) is 9.78 Å². The molecule has 0 spiro atoms. The number of nitrogens with zero attached hydrogens (tertiary/aromatic N) is 3. The van der Waals surface area contributed by atoms with Crippen molar-refractivity contribution in [2.45, 2.75) is 31.1 Å². The molecule has 0 aliphatic heterocycles. The van der Waals surface area contributed by atoms with E-state index >= 15 is 0 Å². The zero-order valence-corrected chi connectivity index (χ0v) is 11.0. The van der Waals surface area contributed by atoms with Gasteiger partial charge in [-0.3, -0.25) is 4.79 Å². The molecule has 0 N–H and O–H groups in total. The zero-order valence-electron chi connectivity index (χ0n) is 9.50. The van der Waals surface area contributed by atoms with Gasteiger partial charge in [-0.2, -0.15) is 10.4 Å². The van der Waals surface area contributed by atoms with Gasteiger partial charge in [-0.15, -0.1) is 23.2 Å². The van der Waals surface area contributed by atoms with Gasteiger partial charge in [0.2, 0.25) is 0 Å². The van der Waals surface area contributed by atoms with E-state index in [-0.39, 0.29) is 17.0 Å². The molecule has 0 aromatic carbocycles. The SMILES string of the molecule is Cc1nn(CC2CC2(Cl)Cl)c(=O)c(C#N)c1C. The fraction of sp³-hybridized carbons (Fsp3) is 0.545. The molecule has 1 aromatic rings. The van der Waals surface area contributed by atoms with Crippen molar-refractivity contribution in [3.8, 4) is 6.07 Å². The first-order chi connectivity index (χ1) is 7.86. The largest absolute Gasteiger partial charge is 0.284 e. The number of aryl methyl sites for hydroxylation is 1. The Kier molecular flexibility index (Phi) is 2.92. The molecule has 17 heavy (non-hydrogen) atoms. The molecule has 1 unspecified atom stereocenters. The Morgan fingerprint density at radius 3 is 2.65 bits per heavy atom. The van der Waals surface area contributed by atoms with Crippen LogP contribution in [0, 0.1) is 31.1 Å². The van der Waals surface area contributed by atoms with Crippen LogP contribution in [-0.2, 0) is 6.54 Å². The Bertz CT molecular complexity index is 571. The smallest absolute Gasteiger partial charge is 0.266 e. The second-order valence-electron chi connectivity index (χ2n) is 4.35. The maximum atomic E-state index is 11.9. The molecule has 4 nitrogen and oxygen atoms in total. The van der Waals surface area contributed by atoms with Gasteiger partial charge in [0.1, 0.15) is 16.0 Å².